The monoisotopic (exact) mass is 345 g/mol. The first kappa shape index (κ1) is 18.8. The number of quaternary nitrogens is 1. The van der Waals surface area contributed by atoms with Crippen LogP contribution < -0.4 is 15.1 Å². The number of nitrogens with zero attached hydrogens (tertiary/aromatic N) is 2. The van der Waals surface area contributed by atoms with Gasteiger partial charge in [-0.25, -0.2) is 9.69 Å². The van der Waals surface area contributed by atoms with Crippen molar-refractivity contribution in [2.75, 3.05) is 32.1 Å². The van der Waals surface area contributed by atoms with Gasteiger partial charge < -0.3 is 4.90 Å². The van der Waals surface area contributed by atoms with E-state index in [1.807, 2.05) is 19.9 Å². The number of barbiturate groups is 1. The van der Waals surface area contributed by atoms with Crippen molar-refractivity contribution in [3.05, 3.63) is 29.3 Å². The Morgan fingerprint density at radius 3 is 2.56 bits per heavy atom. The van der Waals surface area contributed by atoms with Crippen LogP contribution in [0.1, 0.15) is 17.5 Å². The maximum absolute atomic E-state index is 12.7. The van der Waals surface area contributed by atoms with Crippen LogP contribution in [0.15, 0.2) is 23.2 Å². The summed E-state index contributed by atoms with van der Waals surface area (Å²) in [5.41, 5.74) is 2.48. The van der Waals surface area contributed by atoms with Gasteiger partial charge in [0.1, 0.15) is 0 Å². The predicted octanol–water partition coefficient (Wildman–Crippen LogP) is 0.108. The van der Waals surface area contributed by atoms with E-state index < -0.39 is 23.8 Å². The van der Waals surface area contributed by atoms with Crippen LogP contribution in [0.4, 0.5) is 10.5 Å². The Hall–Kier alpha value is -2.54. The molecule has 0 unspecified atom stereocenters. The number of carbonyl (C=O) groups is 3. The number of imide groups is 2. The highest BCUT2D eigenvalue weighted by molar-refractivity contribution is 6.32. The number of aryl methyl sites for hydroxylation is 2. The van der Waals surface area contributed by atoms with Gasteiger partial charge in [0.15, 0.2) is 5.92 Å². The zero-order valence-electron chi connectivity index (χ0n) is 15.1. The highest BCUT2D eigenvalue weighted by atomic mass is 16.2. The van der Waals surface area contributed by atoms with Crippen LogP contribution >= 0.6 is 0 Å². The van der Waals surface area contributed by atoms with Crippen molar-refractivity contribution < 1.29 is 19.3 Å². The van der Waals surface area contributed by atoms with E-state index in [0.29, 0.717) is 12.2 Å². The number of hydrogen-bond donors (Lipinski definition) is 2. The molecule has 134 valence electrons. The van der Waals surface area contributed by atoms with E-state index in [1.165, 1.54) is 11.1 Å². The molecule has 4 amide bonds. The standard InChI is InChI=1S/C18H24N4O3/c1-12-6-7-14(10-13(12)2)22-17(24)15(16(23)20-18(22)25)11-19-8-5-9-21(3)4/h6-7,10-11,15H,5,8-9H2,1-4H3,(H,20,23,25)/p+1/t15-/m1/s1. The molecule has 2 rings (SSSR count). The van der Waals surface area contributed by atoms with Crippen LogP contribution in [0.3, 0.4) is 0 Å². The second-order valence-corrected chi connectivity index (χ2v) is 6.58. The summed E-state index contributed by atoms with van der Waals surface area (Å²) >= 11 is 0. The first-order valence-corrected chi connectivity index (χ1v) is 8.36. The van der Waals surface area contributed by atoms with Crippen molar-refractivity contribution in [2.24, 2.45) is 10.9 Å². The number of carbonyl (C=O) groups excluding carboxylic acids is 3. The third-order valence-corrected chi connectivity index (χ3v) is 4.17. The van der Waals surface area contributed by atoms with Gasteiger partial charge in [0.2, 0.25) is 5.91 Å². The molecule has 1 aliphatic rings. The van der Waals surface area contributed by atoms with Crippen LogP contribution in [0.25, 0.3) is 0 Å². The van der Waals surface area contributed by atoms with Crippen LogP contribution in [-0.2, 0) is 9.59 Å². The number of benzene rings is 1. The van der Waals surface area contributed by atoms with E-state index in [2.05, 4.69) is 24.4 Å². The summed E-state index contributed by atoms with van der Waals surface area (Å²) in [7, 11) is 4.10. The molecule has 1 heterocycles. The molecule has 1 saturated heterocycles. The molecular formula is C18H25N4O3+. The molecule has 0 bridgehead atoms. The Kier molecular flexibility index (Phi) is 6.03. The highest BCUT2D eigenvalue weighted by Gasteiger charge is 2.40. The summed E-state index contributed by atoms with van der Waals surface area (Å²) in [5, 5.41) is 2.23. The lowest BCUT2D eigenvalue weighted by atomic mass is 10.0. The summed E-state index contributed by atoms with van der Waals surface area (Å²) in [4.78, 5) is 43.3. The van der Waals surface area contributed by atoms with Gasteiger partial charge in [-0.05, 0) is 37.1 Å². The summed E-state index contributed by atoms with van der Waals surface area (Å²) in [5.74, 6) is -2.28. The van der Waals surface area contributed by atoms with Crippen molar-refractivity contribution in [3.8, 4) is 0 Å². The Bertz CT molecular complexity index is 712. The number of anilines is 1. The van der Waals surface area contributed by atoms with Crippen molar-refractivity contribution in [2.45, 2.75) is 20.3 Å². The Balaban J connectivity index is 2.15. The van der Waals surface area contributed by atoms with Crippen molar-refractivity contribution in [3.63, 3.8) is 0 Å². The van der Waals surface area contributed by atoms with Gasteiger partial charge in [-0.3, -0.25) is 19.9 Å². The highest BCUT2D eigenvalue weighted by Crippen LogP contribution is 2.22. The molecule has 0 radical (unpaired) electrons. The van der Waals surface area contributed by atoms with Gasteiger partial charge >= 0.3 is 6.03 Å². The maximum Gasteiger partial charge on any atom is 0.335 e. The third-order valence-electron chi connectivity index (χ3n) is 4.17. The van der Waals surface area contributed by atoms with Crippen LogP contribution in [0.5, 0.6) is 0 Å². The van der Waals surface area contributed by atoms with Gasteiger partial charge in [0.05, 0.1) is 26.3 Å². The van der Waals surface area contributed by atoms with Gasteiger partial charge in [-0.15, -0.1) is 0 Å². The van der Waals surface area contributed by atoms with Gasteiger partial charge in [-0.2, -0.15) is 0 Å². The van der Waals surface area contributed by atoms with Crippen molar-refractivity contribution in [1.82, 2.24) is 5.32 Å². The second-order valence-electron chi connectivity index (χ2n) is 6.58. The van der Waals surface area contributed by atoms with E-state index in [4.69, 9.17) is 0 Å². The Labute approximate surface area is 147 Å². The van der Waals surface area contributed by atoms with Crippen LogP contribution in [0, 0.1) is 19.8 Å². The average molecular weight is 345 g/mol. The fourth-order valence-electron chi connectivity index (χ4n) is 2.53. The summed E-state index contributed by atoms with van der Waals surface area (Å²) in [6.07, 6.45) is 2.21. The fourth-order valence-corrected chi connectivity index (χ4v) is 2.53. The SMILES string of the molecule is Cc1ccc(N2C(=O)NC(=O)[C@@H](C=NCCC[NH+](C)C)C2=O)cc1C. The van der Waals surface area contributed by atoms with Crippen LogP contribution in [-0.4, -0.2) is 51.2 Å². The molecule has 0 aromatic heterocycles. The van der Waals surface area contributed by atoms with E-state index in [9.17, 15) is 14.4 Å². The van der Waals surface area contributed by atoms with E-state index >= 15 is 0 Å². The van der Waals surface area contributed by atoms with E-state index in [1.54, 1.807) is 12.1 Å². The first-order chi connectivity index (χ1) is 11.8. The van der Waals surface area contributed by atoms with E-state index in [0.717, 1.165) is 29.0 Å². The predicted molar refractivity (Wildman–Crippen MR) is 96.1 cm³/mol. The maximum atomic E-state index is 12.7. The molecule has 0 aliphatic carbocycles. The number of aliphatic imine (C=N–C) groups is 1. The van der Waals surface area contributed by atoms with Crippen molar-refractivity contribution >= 4 is 29.7 Å². The molecule has 1 aliphatic heterocycles. The number of amides is 4. The smallest absolute Gasteiger partial charge is 0.335 e. The molecule has 7 nitrogen and oxygen atoms in total. The Morgan fingerprint density at radius 1 is 1.20 bits per heavy atom. The molecule has 7 heteroatoms. The van der Waals surface area contributed by atoms with Crippen LogP contribution in [0.2, 0.25) is 0 Å². The lowest BCUT2D eigenvalue weighted by Crippen LogP contribution is -3.05. The minimum atomic E-state index is -1.08. The summed E-state index contributed by atoms with van der Waals surface area (Å²) < 4.78 is 0. The van der Waals surface area contributed by atoms with Gasteiger partial charge in [0.25, 0.3) is 5.91 Å². The number of rotatable bonds is 6. The molecule has 2 N–H and O–H groups in total. The Morgan fingerprint density at radius 2 is 1.92 bits per heavy atom. The quantitative estimate of drug-likeness (QED) is 0.436. The average Bonchev–Trinajstić information content (AvgIpc) is 2.52. The number of nitrogens with one attached hydrogen (secondary N) is 2. The molecule has 1 aromatic rings. The zero-order valence-corrected chi connectivity index (χ0v) is 15.1. The fraction of sp³-hybridized carbons (Fsp3) is 0.444. The third kappa shape index (κ3) is 4.51. The molecule has 0 saturated carbocycles. The minimum Gasteiger partial charge on any atom is -0.340 e. The first-order valence-electron chi connectivity index (χ1n) is 8.36. The number of hydrogen-bond acceptors (Lipinski definition) is 4. The lowest BCUT2D eigenvalue weighted by molar-refractivity contribution is -0.858. The van der Waals surface area contributed by atoms with Gasteiger partial charge in [0, 0.05) is 19.2 Å². The topological polar surface area (TPSA) is 83.3 Å². The largest absolute Gasteiger partial charge is 0.340 e. The molecule has 1 fully saturated rings. The van der Waals surface area contributed by atoms with E-state index in [-0.39, 0.29) is 0 Å². The molecule has 1 atom stereocenters. The molecule has 25 heavy (non-hydrogen) atoms. The normalized spacial score (nSPS) is 18.4. The number of urea groups is 1. The summed E-state index contributed by atoms with van der Waals surface area (Å²) in [6.45, 7) is 5.35. The molecular weight excluding hydrogens is 320 g/mol. The van der Waals surface area contributed by atoms with Gasteiger partial charge in [-0.1, -0.05) is 6.07 Å². The van der Waals surface area contributed by atoms with Crippen molar-refractivity contribution in [1.29, 1.82) is 0 Å². The minimum absolute atomic E-state index is 0.452. The lowest BCUT2D eigenvalue weighted by Gasteiger charge is -2.28. The zero-order chi connectivity index (χ0) is 18.6. The molecule has 1 aromatic carbocycles. The second kappa shape index (κ2) is 8.02. The molecule has 0 spiro atoms. The summed E-state index contributed by atoms with van der Waals surface area (Å²) in [6, 6.07) is 4.58.